The summed E-state index contributed by atoms with van der Waals surface area (Å²) in [5.74, 6) is 3.31. The summed E-state index contributed by atoms with van der Waals surface area (Å²) in [4.78, 5) is 14.1. The molecule has 0 bridgehead atoms. The Balaban J connectivity index is 1.22. The highest BCUT2D eigenvalue weighted by molar-refractivity contribution is 5.84. The summed E-state index contributed by atoms with van der Waals surface area (Å²) in [6.07, 6.45) is 9.70. The van der Waals surface area contributed by atoms with Gasteiger partial charge in [0.25, 0.3) is 0 Å². The molecule has 0 radical (unpaired) electrons. The van der Waals surface area contributed by atoms with Crippen molar-refractivity contribution in [1.82, 2.24) is 0 Å². The van der Waals surface area contributed by atoms with Gasteiger partial charge in [-0.05, 0) is 109 Å². The van der Waals surface area contributed by atoms with E-state index in [0.717, 1.165) is 49.7 Å². The SMILES string of the molecule is C[C@H](CCC(O)(c1ccccc1)c1ccccc1)[C@@H]1CC[C@@H]2[C@@H]3CC[C@@H]4C[C@H](O)CC[C@]4(C)[C@H]3C(=O)C[C@]21C. The Morgan fingerprint density at radius 2 is 1.54 bits per heavy atom. The molecule has 4 aliphatic carbocycles. The van der Waals surface area contributed by atoms with Gasteiger partial charge in [0.15, 0.2) is 0 Å². The minimum Gasteiger partial charge on any atom is -0.393 e. The van der Waals surface area contributed by atoms with Crippen molar-refractivity contribution in [3.05, 3.63) is 71.8 Å². The lowest BCUT2D eigenvalue weighted by molar-refractivity contribution is -0.162. The van der Waals surface area contributed by atoms with Crippen molar-refractivity contribution in [2.45, 2.75) is 96.7 Å². The monoisotopic (exact) mass is 528 g/mol. The fourth-order valence-electron chi connectivity index (χ4n) is 10.5. The Morgan fingerprint density at radius 1 is 0.897 bits per heavy atom. The summed E-state index contributed by atoms with van der Waals surface area (Å²) in [5, 5.41) is 22.5. The fraction of sp³-hybridized carbons (Fsp3) is 0.639. The van der Waals surface area contributed by atoms with Crippen LogP contribution in [0.4, 0.5) is 0 Å². The van der Waals surface area contributed by atoms with E-state index in [1.807, 2.05) is 60.7 Å². The first-order chi connectivity index (χ1) is 18.7. The molecule has 0 aromatic heterocycles. The van der Waals surface area contributed by atoms with Crippen LogP contribution in [0.2, 0.25) is 0 Å². The van der Waals surface area contributed by atoms with Crippen LogP contribution >= 0.6 is 0 Å². The van der Waals surface area contributed by atoms with Gasteiger partial charge in [0.1, 0.15) is 11.4 Å². The lowest BCUT2D eigenvalue weighted by atomic mass is 9.44. The first-order valence-corrected chi connectivity index (χ1v) is 15.7. The molecule has 4 fully saturated rings. The van der Waals surface area contributed by atoms with Crippen LogP contribution in [-0.2, 0) is 10.4 Å². The van der Waals surface area contributed by atoms with Crippen LogP contribution in [0.25, 0.3) is 0 Å². The summed E-state index contributed by atoms with van der Waals surface area (Å²) < 4.78 is 0. The number of fused-ring (bicyclic) bond motifs is 5. The normalized spacial score (nSPS) is 38.9. The molecular weight excluding hydrogens is 480 g/mol. The molecule has 0 heterocycles. The number of benzene rings is 2. The number of hydrogen-bond acceptors (Lipinski definition) is 3. The molecule has 39 heavy (non-hydrogen) atoms. The van der Waals surface area contributed by atoms with Crippen molar-refractivity contribution >= 4 is 5.78 Å². The number of carbonyl (C=O) groups is 1. The molecule has 4 aliphatic rings. The number of Topliss-reactive ketones (excluding diaryl/α,β-unsaturated/α-hetero) is 1. The molecule has 0 aliphatic heterocycles. The van der Waals surface area contributed by atoms with Gasteiger partial charge in [-0.25, -0.2) is 0 Å². The number of rotatable bonds is 6. The first kappa shape index (κ1) is 27.2. The topological polar surface area (TPSA) is 57.5 Å². The third-order valence-electron chi connectivity index (χ3n) is 12.5. The average molecular weight is 529 g/mol. The predicted molar refractivity (Wildman–Crippen MR) is 156 cm³/mol. The highest BCUT2D eigenvalue weighted by atomic mass is 16.3. The van der Waals surface area contributed by atoms with Gasteiger partial charge in [-0.2, -0.15) is 0 Å². The molecule has 2 aromatic carbocycles. The molecule has 210 valence electrons. The van der Waals surface area contributed by atoms with Crippen molar-refractivity contribution in [3.8, 4) is 0 Å². The standard InChI is InChI=1S/C36H48O3/c1-24(18-21-36(39,25-10-6-4-7-11-25)26-12-8-5-9-13-26)30-16-17-31-29-15-14-27-22-28(37)19-20-34(27,2)33(29)32(38)23-35(30,31)3/h4-13,24,27-31,33,37,39H,14-23H2,1-3H3/t24-,27-,28-,29+,30+,31-,33-,34+,35+/m1/s1. The van der Waals surface area contributed by atoms with Crippen LogP contribution in [-0.4, -0.2) is 22.1 Å². The molecule has 0 spiro atoms. The zero-order valence-corrected chi connectivity index (χ0v) is 24.2. The number of ketones is 1. The second kappa shape index (κ2) is 10.1. The van der Waals surface area contributed by atoms with Crippen LogP contribution in [0.5, 0.6) is 0 Å². The zero-order valence-electron chi connectivity index (χ0n) is 24.2. The van der Waals surface area contributed by atoms with Crippen molar-refractivity contribution < 1.29 is 15.0 Å². The largest absolute Gasteiger partial charge is 0.393 e. The number of aliphatic hydroxyl groups is 2. The third kappa shape index (κ3) is 4.43. The van der Waals surface area contributed by atoms with Crippen LogP contribution in [0, 0.1) is 46.3 Å². The average Bonchev–Trinajstić information content (AvgIpc) is 3.29. The minimum atomic E-state index is -1.01. The van der Waals surface area contributed by atoms with Gasteiger partial charge in [0.05, 0.1) is 6.10 Å². The van der Waals surface area contributed by atoms with E-state index in [-0.39, 0.29) is 22.9 Å². The third-order valence-corrected chi connectivity index (χ3v) is 12.5. The zero-order chi connectivity index (χ0) is 27.4. The van der Waals surface area contributed by atoms with Crippen molar-refractivity contribution in [2.24, 2.45) is 46.3 Å². The maximum absolute atomic E-state index is 14.1. The molecule has 0 unspecified atom stereocenters. The second-order valence-electron chi connectivity index (χ2n) is 14.4. The van der Waals surface area contributed by atoms with Gasteiger partial charge in [-0.3, -0.25) is 4.79 Å². The van der Waals surface area contributed by atoms with Crippen molar-refractivity contribution in [1.29, 1.82) is 0 Å². The molecular formula is C36H48O3. The molecule has 6 rings (SSSR count). The van der Waals surface area contributed by atoms with Crippen molar-refractivity contribution in [2.75, 3.05) is 0 Å². The summed E-state index contributed by atoms with van der Waals surface area (Å²) in [6.45, 7) is 7.22. The Hall–Kier alpha value is -1.97. The van der Waals surface area contributed by atoms with E-state index in [1.165, 1.54) is 19.3 Å². The fourth-order valence-corrected chi connectivity index (χ4v) is 10.5. The van der Waals surface area contributed by atoms with Gasteiger partial charge >= 0.3 is 0 Å². The van der Waals surface area contributed by atoms with E-state index in [2.05, 4.69) is 20.8 Å². The number of carbonyl (C=O) groups excluding carboxylic acids is 1. The van der Waals surface area contributed by atoms with Gasteiger partial charge in [0, 0.05) is 12.3 Å². The summed E-state index contributed by atoms with van der Waals surface area (Å²) >= 11 is 0. The summed E-state index contributed by atoms with van der Waals surface area (Å²) in [6, 6.07) is 20.3. The molecule has 2 N–H and O–H groups in total. The minimum absolute atomic E-state index is 0.0622. The van der Waals surface area contributed by atoms with Gasteiger partial charge in [0.2, 0.25) is 0 Å². The van der Waals surface area contributed by atoms with E-state index < -0.39 is 5.60 Å². The van der Waals surface area contributed by atoms with E-state index in [0.29, 0.717) is 41.8 Å². The maximum Gasteiger partial charge on any atom is 0.137 e. The molecule has 9 atom stereocenters. The molecule has 3 heteroatoms. The van der Waals surface area contributed by atoms with Gasteiger partial charge < -0.3 is 10.2 Å². The molecule has 0 saturated heterocycles. The predicted octanol–water partition coefficient (Wildman–Crippen LogP) is 7.54. The lowest BCUT2D eigenvalue weighted by Gasteiger charge is -2.60. The van der Waals surface area contributed by atoms with Gasteiger partial charge in [-0.1, -0.05) is 81.4 Å². The Kier molecular flexibility index (Phi) is 7.08. The Morgan fingerprint density at radius 3 is 2.18 bits per heavy atom. The van der Waals surface area contributed by atoms with E-state index in [4.69, 9.17) is 0 Å². The van der Waals surface area contributed by atoms with Crippen LogP contribution in [0.15, 0.2) is 60.7 Å². The van der Waals surface area contributed by atoms with E-state index >= 15 is 0 Å². The summed E-state index contributed by atoms with van der Waals surface area (Å²) in [5.41, 5.74) is 1.04. The Bertz CT molecular complexity index is 1120. The van der Waals surface area contributed by atoms with Crippen LogP contribution in [0.1, 0.15) is 96.1 Å². The highest BCUT2D eigenvalue weighted by Gasteiger charge is 2.63. The molecule has 4 saturated carbocycles. The van der Waals surface area contributed by atoms with E-state index in [9.17, 15) is 15.0 Å². The number of hydrogen-bond donors (Lipinski definition) is 2. The highest BCUT2D eigenvalue weighted by Crippen LogP contribution is 2.67. The summed E-state index contributed by atoms with van der Waals surface area (Å²) in [7, 11) is 0. The number of aliphatic hydroxyl groups excluding tert-OH is 1. The second-order valence-corrected chi connectivity index (χ2v) is 14.4. The molecule has 0 amide bonds. The van der Waals surface area contributed by atoms with Crippen molar-refractivity contribution in [3.63, 3.8) is 0 Å². The molecule has 3 nitrogen and oxygen atoms in total. The Labute approximate surface area is 235 Å². The van der Waals surface area contributed by atoms with E-state index in [1.54, 1.807) is 0 Å². The molecule has 2 aromatic rings. The quantitative estimate of drug-likeness (QED) is 0.407. The van der Waals surface area contributed by atoms with Crippen LogP contribution < -0.4 is 0 Å². The smallest absolute Gasteiger partial charge is 0.137 e. The maximum atomic E-state index is 14.1. The lowest BCUT2D eigenvalue weighted by Crippen LogP contribution is -2.58. The van der Waals surface area contributed by atoms with Crippen LogP contribution in [0.3, 0.4) is 0 Å². The first-order valence-electron chi connectivity index (χ1n) is 15.7. The van der Waals surface area contributed by atoms with Gasteiger partial charge in [-0.15, -0.1) is 0 Å².